The van der Waals surface area contributed by atoms with Crippen LogP contribution in [0, 0.1) is 0 Å². The third kappa shape index (κ3) is 5.29. The van der Waals surface area contributed by atoms with E-state index in [-0.39, 0.29) is 17.2 Å². The van der Waals surface area contributed by atoms with Crippen molar-refractivity contribution in [1.82, 2.24) is 9.62 Å². The van der Waals surface area contributed by atoms with Crippen LogP contribution in [0.15, 0.2) is 47.4 Å². The summed E-state index contributed by atoms with van der Waals surface area (Å²) < 4.78 is 32.5. The van der Waals surface area contributed by atoms with E-state index in [9.17, 15) is 13.2 Å². The van der Waals surface area contributed by atoms with Crippen LogP contribution in [0.25, 0.3) is 0 Å². The summed E-state index contributed by atoms with van der Waals surface area (Å²) in [6, 6.07) is 12.2. The first-order valence-electron chi connectivity index (χ1n) is 9.59. The van der Waals surface area contributed by atoms with Crippen molar-refractivity contribution in [2.75, 3.05) is 20.2 Å². The number of carbonyl (C=O) groups is 1. The molecule has 2 aromatic carbocycles. The Morgan fingerprint density at radius 2 is 1.86 bits per heavy atom. The highest BCUT2D eigenvalue weighted by Gasteiger charge is 2.27. The van der Waals surface area contributed by atoms with E-state index in [4.69, 9.17) is 16.3 Å². The molecule has 0 unspecified atom stereocenters. The monoisotopic (exact) mass is 436 g/mol. The molecule has 0 radical (unpaired) electrons. The quantitative estimate of drug-likeness (QED) is 0.688. The number of nitrogens with zero attached hydrogens (tertiary/aromatic N) is 1. The Labute approximate surface area is 176 Å². The number of sulfonamides is 1. The number of hydrogen-bond donors (Lipinski definition) is 1. The van der Waals surface area contributed by atoms with Gasteiger partial charge in [-0.15, -0.1) is 0 Å². The largest absolute Gasteiger partial charge is 0.496 e. The molecule has 0 atom stereocenters. The highest BCUT2D eigenvalue weighted by molar-refractivity contribution is 7.89. The second kappa shape index (κ2) is 9.61. The third-order valence-electron chi connectivity index (χ3n) is 5.01. The van der Waals surface area contributed by atoms with Crippen molar-refractivity contribution in [3.8, 4) is 5.75 Å². The Morgan fingerprint density at radius 3 is 2.55 bits per heavy atom. The van der Waals surface area contributed by atoms with Crippen LogP contribution in [0.4, 0.5) is 0 Å². The lowest BCUT2D eigenvalue weighted by Crippen LogP contribution is -2.28. The van der Waals surface area contributed by atoms with Gasteiger partial charge in [0.2, 0.25) is 15.9 Å². The summed E-state index contributed by atoms with van der Waals surface area (Å²) in [6.07, 6.45) is 2.36. The number of hydrogen-bond acceptors (Lipinski definition) is 4. The van der Waals surface area contributed by atoms with Crippen LogP contribution >= 0.6 is 11.6 Å². The Balaban J connectivity index is 1.66. The fourth-order valence-electron chi connectivity index (χ4n) is 3.36. The number of ether oxygens (including phenoxy) is 1. The molecule has 1 heterocycles. The Bertz CT molecular complexity index is 972. The van der Waals surface area contributed by atoms with Gasteiger partial charge in [-0.25, -0.2) is 8.42 Å². The standard InChI is InChI=1S/C21H25ClN2O4S/c1-28-20-10-9-18(29(26,27)24-12-4-5-13-24)14-16(20)8-11-21(25)23-15-17-6-2-3-7-19(17)22/h2-3,6-7,9-10,14H,4-5,8,11-13,15H2,1H3,(H,23,25). The van der Waals surface area contributed by atoms with E-state index in [1.165, 1.54) is 11.4 Å². The van der Waals surface area contributed by atoms with Gasteiger partial charge in [-0.2, -0.15) is 4.31 Å². The summed E-state index contributed by atoms with van der Waals surface area (Å²) in [5, 5.41) is 3.45. The molecule has 0 aliphatic carbocycles. The lowest BCUT2D eigenvalue weighted by Gasteiger charge is -2.17. The first kappa shape index (κ1) is 21.6. The number of amides is 1. The molecular formula is C21H25ClN2O4S. The van der Waals surface area contributed by atoms with Gasteiger partial charge >= 0.3 is 0 Å². The van der Waals surface area contributed by atoms with Crippen molar-refractivity contribution in [2.45, 2.75) is 37.1 Å². The number of rotatable bonds is 8. The van der Waals surface area contributed by atoms with E-state index >= 15 is 0 Å². The fourth-order valence-corrected chi connectivity index (χ4v) is 5.13. The minimum Gasteiger partial charge on any atom is -0.496 e. The first-order chi connectivity index (χ1) is 13.9. The maximum Gasteiger partial charge on any atom is 0.243 e. The number of aryl methyl sites for hydroxylation is 1. The van der Waals surface area contributed by atoms with E-state index in [1.807, 2.05) is 18.2 Å². The number of nitrogens with one attached hydrogen (secondary N) is 1. The van der Waals surface area contributed by atoms with Crippen LogP contribution in [-0.4, -0.2) is 38.8 Å². The van der Waals surface area contributed by atoms with Crippen LogP contribution in [0.3, 0.4) is 0 Å². The van der Waals surface area contributed by atoms with Gasteiger partial charge in [0.1, 0.15) is 5.75 Å². The molecule has 3 rings (SSSR count). The maximum atomic E-state index is 12.8. The summed E-state index contributed by atoms with van der Waals surface area (Å²) in [4.78, 5) is 12.5. The van der Waals surface area contributed by atoms with Crippen molar-refractivity contribution in [1.29, 1.82) is 0 Å². The van der Waals surface area contributed by atoms with E-state index in [1.54, 1.807) is 24.3 Å². The molecule has 0 aromatic heterocycles. The first-order valence-corrected chi connectivity index (χ1v) is 11.4. The van der Waals surface area contributed by atoms with Gasteiger partial charge < -0.3 is 10.1 Å². The zero-order chi connectivity index (χ0) is 20.9. The molecular weight excluding hydrogens is 412 g/mol. The summed E-state index contributed by atoms with van der Waals surface area (Å²) in [7, 11) is -1.98. The zero-order valence-electron chi connectivity index (χ0n) is 16.4. The normalized spacial score (nSPS) is 14.7. The molecule has 1 fully saturated rings. The summed E-state index contributed by atoms with van der Waals surface area (Å²) in [5.74, 6) is 0.434. The molecule has 156 valence electrons. The van der Waals surface area contributed by atoms with Crippen LogP contribution in [0.5, 0.6) is 5.75 Å². The van der Waals surface area contributed by atoms with Gasteiger partial charge in [0.05, 0.1) is 12.0 Å². The van der Waals surface area contributed by atoms with Crippen molar-refractivity contribution in [3.63, 3.8) is 0 Å². The summed E-state index contributed by atoms with van der Waals surface area (Å²) in [5.41, 5.74) is 1.54. The Morgan fingerprint density at radius 1 is 1.14 bits per heavy atom. The smallest absolute Gasteiger partial charge is 0.243 e. The van der Waals surface area contributed by atoms with E-state index in [0.29, 0.717) is 42.4 Å². The summed E-state index contributed by atoms with van der Waals surface area (Å²) in [6.45, 7) is 1.45. The van der Waals surface area contributed by atoms with Gasteiger partial charge in [-0.1, -0.05) is 29.8 Å². The number of benzene rings is 2. The molecule has 1 amide bonds. The van der Waals surface area contributed by atoms with E-state index in [0.717, 1.165) is 18.4 Å². The van der Waals surface area contributed by atoms with Crippen LogP contribution < -0.4 is 10.1 Å². The van der Waals surface area contributed by atoms with Crippen LogP contribution in [0.1, 0.15) is 30.4 Å². The van der Waals surface area contributed by atoms with Crippen LogP contribution in [-0.2, 0) is 27.8 Å². The SMILES string of the molecule is COc1ccc(S(=O)(=O)N2CCCC2)cc1CCC(=O)NCc1ccccc1Cl. The van der Waals surface area contributed by atoms with Crippen LogP contribution in [0.2, 0.25) is 5.02 Å². The maximum absolute atomic E-state index is 12.8. The van der Waals surface area contributed by atoms with Crippen molar-refractivity contribution >= 4 is 27.5 Å². The number of carbonyl (C=O) groups excluding carboxylic acids is 1. The Hall–Kier alpha value is -2.09. The third-order valence-corrected chi connectivity index (χ3v) is 7.27. The lowest BCUT2D eigenvalue weighted by atomic mass is 10.1. The summed E-state index contributed by atoms with van der Waals surface area (Å²) >= 11 is 6.11. The number of methoxy groups -OCH3 is 1. The molecule has 0 saturated carbocycles. The minimum atomic E-state index is -3.51. The van der Waals surface area contributed by atoms with Crippen molar-refractivity contribution in [3.05, 3.63) is 58.6 Å². The fraction of sp³-hybridized carbons (Fsp3) is 0.381. The van der Waals surface area contributed by atoms with E-state index in [2.05, 4.69) is 5.32 Å². The highest BCUT2D eigenvalue weighted by Crippen LogP contribution is 2.27. The highest BCUT2D eigenvalue weighted by atomic mass is 35.5. The number of halogens is 1. The molecule has 1 N–H and O–H groups in total. The molecule has 1 saturated heterocycles. The molecule has 2 aromatic rings. The average molecular weight is 437 g/mol. The minimum absolute atomic E-state index is 0.139. The predicted octanol–water partition coefficient (Wildman–Crippen LogP) is 3.38. The zero-order valence-corrected chi connectivity index (χ0v) is 17.9. The van der Waals surface area contributed by atoms with Gasteiger partial charge in [0, 0.05) is 31.1 Å². The molecule has 0 spiro atoms. The molecule has 1 aliphatic rings. The molecule has 29 heavy (non-hydrogen) atoms. The van der Waals surface area contributed by atoms with Gasteiger partial charge in [0.15, 0.2) is 0 Å². The van der Waals surface area contributed by atoms with Gasteiger partial charge in [-0.3, -0.25) is 4.79 Å². The van der Waals surface area contributed by atoms with E-state index < -0.39 is 10.0 Å². The average Bonchev–Trinajstić information content (AvgIpc) is 3.27. The Kier molecular flexibility index (Phi) is 7.16. The predicted molar refractivity (Wildman–Crippen MR) is 113 cm³/mol. The van der Waals surface area contributed by atoms with Gasteiger partial charge in [0.25, 0.3) is 0 Å². The van der Waals surface area contributed by atoms with Crippen molar-refractivity contribution in [2.24, 2.45) is 0 Å². The second-order valence-corrected chi connectivity index (χ2v) is 9.30. The topological polar surface area (TPSA) is 75.7 Å². The lowest BCUT2D eigenvalue weighted by molar-refractivity contribution is -0.121. The molecule has 0 bridgehead atoms. The second-order valence-electron chi connectivity index (χ2n) is 6.95. The van der Waals surface area contributed by atoms with Crippen molar-refractivity contribution < 1.29 is 17.9 Å². The van der Waals surface area contributed by atoms with Gasteiger partial charge in [-0.05, 0) is 54.7 Å². The molecule has 8 heteroatoms. The molecule has 1 aliphatic heterocycles. The molecule has 6 nitrogen and oxygen atoms in total.